The van der Waals surface area contributed by atoms with Gasteiger partial charge in [0, 0.05) is 49.1 Å². The van der Waals surface area contributed by atoms with Gasteiger partial charge in [-0.05, 0) is 37.1 Å². The van der Waals surface area contributed by atoms with Gasteiger partial charge in [0.15, 0.2) is 0 Å². The van der Waals surface area contributed by atoms with Crippen molar-refractivity contribution in [1.29, 1.82) is 0 Å². The Morgan fingerprint density at radius 3 is 2.73 bits per heavy atom. The van der Waals surface area contributed by atoms with Crippen LogP contribution >= 0.6 is 0 Å². The molecule has 0 fully saturated rings. The number of pyridine rings is 1. The summed E-state index contributed by atoms with van der Waals surface area (Å²) < 4.78 is 2.32. The molecule has 132 valence electrons. The zero-order chi connectivity index (χ0) is 18.1. The second-order valence-corrected chi connectivity index (χ2v) is 6.75. The summed E-state index contributed by atoms with van der Waals surface area (Å²) in [4.78, 5) is 17.1. The molecule has 3 aromatic rings. The molecule has 26 heavy (non-hydrogen) atoms. The Morgan fingerprint density at radius 2 is 2.00 bits per heavy atom. The number of nitrogens with one attached hydrogen (secondary N) is 1. The van der Waals surface area contributed by atoms with Crippen molar-refractivity contribution in [2.45, 2.75) is 33.2 Å². The molecule has 0 atom stereocenters. The van der Waals surface area contributed by atoms with Crippen LogP contribution in [-0.4, -0.2) is 22.0 Å². The molecule has 1 aliphatic heterocycles. The third-order valence-corrected chi connectivity index (χ3v) is 5.06. The normalized spacial score (nSPS) is 13.4. The Morgan fingerprint density at radius 1 is 1.19 bits per heavy atom. The van der Waals surface area contributed by atoms with Gasteiger partial charge in [-0.25, -0.2) is 0 Å². The van der Waals surface area contributed by atoms with Crippen molar-refractivity contribution in [2.75, 3.05) is 6.54 Å². The minimum atomic E-state index is 0.0522. The molecule has 1 amide bonds. The zero-order valence-electron chi connectivity index (χ0n) is 15.2. The number of nitrogens with zero attached hydrogens (tertiary/aromatic N) is 2. The van der Waals surface area contributed by atoms with E-state index in [-0.39, 0.29) is 5.91 Å². The summed E-state index contributed by atoms with van der Waals surface area (Å²) in [5.74, 6) is 0.0522. The van der Waals surface area contributed by atoms with Crippen molar-refractivity contribution < 1.29 is 4.79 Å². The van der Waals surface area contributed by atoms with Crippen LogP contribution in [0.5, 0.6) is 0 Å². The molecular weight excluding hydrogens is 322 g/mol. The number of carbonyl (C=O) groups is 1. The first-order valence-corrected chi connectivity index (χ1v) is 9.18. The molecule has 4 rings (SSSR count). The van der Waals surface area contributed by atoms with Gasteiger partial charge < -0.3 is 9.88 Å². The van der Waals surface area contributed by atoms with Crippen molar-refractivity contribution >= 4 is 5.91 Å². The Bertz CT molecular complexity index is 957. The molecule has 3 heterocycles. The van der Waals surface area contributed by atoms with Crippen LogP contribution in [0.15, 0.2) is 48.7 Å². The van der Waals surface area contributed by atoms with E-state index in [0.29, 0.717) is 6.54 Å². The summed E-state index contributed by atoms with van der Waals surface area (Å²) in [6.45, 7) is 5.71. The van der Waals surface area contributed by atoms with E-state index in [2.05, 4.69) is 52.1 Å². The SMILES string of the molecule is CCn1c2c(c(Cc3ccccc3)c1-c1ccnc(C)c1)C(=O)NCC2. The van der Waals surface area contributed by atoms with Gasteiger partial charge in [-0.1, -0.05) is 30.3 Å². The summed E-state index contributed by atoms with van der Waals surface area (Å²) in [6, 6.07) is 14.5. The average Bonchev–Trinajstić information content (AvgIpc) is 2.97. The molecule has 1 aromatic carbocycles. The van der Waals surface area contributed by atoms with Crippen LogP contribution in [0.25, 0.3) is 11.3 Å². The lowest BCUT2D eigenvalue weighted by Gasteiger charge is -2.16. The van der Waals surface area contributed by atoms with Gasteiger partial charge in [0.25, 0.3) is 5.91 Å². The van der Waals surface area contributed by atoms with E-state index in [1.54, 1.807) is 0 Å². The molecule has 0 saturated carbocycles. The first-order valence-electron chi connectivity index (χ1n) is 9.18. The average molecular weight is 345 g/mol. The van der Waals surface area contributed by atoms with Crippen molar-refractivity contribution in [3.8, 4) is 11.3 Å². The Kier molecular flexibility index (Phi) is 4.33. The number of aryl methyl sites for hydroxylation is 1. The number of aromatic nitrogens is 2. The lowest BCUT2D eigenvalue weighted by Crippen LogP contribution is -2.32. The topological polar surface area (TPSA) is 46.9 Å². The quantitative estimate of drug-likeness (QED) is 0.783. The van der Waals surface area contributed by atoms with Crippen LogP contribution in [0.1, 0.15) is 39.8 Å². The molecule has 2 aromatic heterocycles. The number of hydrogen-bond acceptors (Lipinski definition) is 2. The third kappa shape index (κ3) is 2.81. The first-order chi connectivity index (χ1) is 12.7. The molecule has 0 radical (unpaired) electrons. The lowest BCUT2D eigenvalue weighted by molar-refractivity contribution is 0.0944. The van der Waals surface area contributed by atoms with Gasteiger partial charge >= 0.3 is 0 Å². The number of hydrogen-bond donors (Lipinski definition) is 1. The van der Waals surface area contributed by atoms with Crippen molar-refractivity contribution in [3.05, 3.63) is 76.7 Å². The van der Waals surface area contributed by atoms with E-state index in [0.717, 1.165) is 53.2 Å². The van der Waals surface area contributed by atoms with Gasteiger partial charge in [-0.15, -0.1) is 0 Å². The molecule has 0 unspecified atom stereocenters. The van der Waals surface area contributed by atoms with Crippen LogP contribution in [0.2, 0.25) is 0 Å². The molecule has 0 aliphatic carbocycles. The Hall–Kier alpha value is -2.88. The maximum absolute atomic E-state index is 12.7. The molecule has 1 N–H and O–H groups in total. The molecule has 0 spiro atoms. The van der Waals surface area contributed by atoms with E-state index in [4.69, 9.17) is 0 Å². The second kappa shape index (κ2) is 6.79. The third-order valence-electron chi connectivity index (χ3n) is 5.06. The minimum absolute atomic E-state index is 0.0522. The van der Waals surface area contributed by atoms with Crippen LogP contribution in [0, 0.1) is 6.92 Å². The molecule has 1 aliphatic rings. The van der Waals surface area contributed by atoms with Gasteiger partial charge in [0.1, 0.15) is 0 Å². The van der Waals surface area contributed by atoms with Crippen molar-refractivity contribution in [3.63, 3.8) is 0 Å². The fourth-order valence-corrected chi connectivity index (χ4v) is 3.98. The highest BCUT2D eigenvalue weighted by Crippen LogP contribution is 2.35. The van der Waals surface area contributed by atoms with Gasteiger partial charge in [0.05, 0.1) is 11.3 Å². The highest BCUT2D eigenvalue weighted by molar-refractivity contribution is 6.00. The summed E-state index contributed by atoms with van der Waals surface area (Å²) in [6.07, 6.45) is 3.48. The fourth-order valence-electron chi connectivity index (χ4n) is 3.98. The van der Waals surface area contributed by atoms with Crippen LogP contribution in [-0.2, 0) is 19.4 Å². The van der Waals surface area contributed by atoms with E-state index in [1.165, 1.54) is 5.56 Å². The predicted molar refractivity (Wildman–Crippen MR) is 103 cm³/mol. The predicted octanol–water partition coefficient (Wildman–Crippen LogP) is 3.76. The molecule has 0 saturated heterocycles. The summed E-state index contributed by atoms with van der Waals surface area (Å²) >= 11 is 0. The fraction of sp³-hybridized carbons (Fsp3) is 0.273. The number of carbonyl (C=O) groups excluding carboxylic acids is 1. The highest BCUT2D eigenvalue weighted by Gasteiger charge is 2.29. The standard InChI is InChI=1S/C22H23N3O/c1-3-25-19-10-12-24-22(26)20(19)18(14-16-7-5-4-6-8-16)21(25)17-9-11-23-15(2)13-17/h4-9,11,13H,3,10,12,14H2,1-2H3,(H,24,26). The number of rotatable bonds is 4. The van der Waals surface area contributed by atoms with Gasteiger partial charge in [0.2, 0.25) is 0 Å². The van der Waals surface area contributed by atoms with Gasteiger partial charge in [-0.3, -0.25) is 9.78 Å². The van der Waals surface area contributed by atoms with Crippen LogP contribution in [0.4, 0.5) is 0 Å². The zero-order valence-corrected chi connectivity index (χ0v) is 15.2. The van der Waals surface area contributed by atoms with Crippen molar-refractivity contribution in [1.82, 2.24) is 14.9 Å². The number of benzene rings is 1. The van der Waals surface area contributed by atoms with Crippen molar-refractivity contribution in [2.24, 2.45) is 0 Å². The minimum Gasteiger partial charge on any atom is -0.352 e. The van der Waals surface area contributed by atoms with Crippen LogP contribution in [0.3, 0.4) is 0 Å². The lowest BCUT2D eigenvalue weighted by atomic mass is 9.95. The Labute approximate surface area is 153 Å². The maximum atomic E-state index is 12.7. The summed E-state index contributed by atoms with van der Waals surface area (Å²) in [5.41, 5.74) is 7.64. The smallest absolute Gasteiger partial charge is 0.253 e. The largest absolute Gasteiger partial charge is 0.352 e. The highest BCUT2D eigenvalue weighted by atomic mass is 16.1. The number of amides is 1. The van der Waals surface area contributed by atoms with Crippen LogP contribution < -0.4 is 5.32 Å². The van der Waals surface area contributed by atoms with E-state index in [1.807, 2.05) is 25.3 Å². The first kappa shape index (κ1) is 16.6. The maximum Gasteiger partial charge on any atom is 0.253 e. The van der Waals surface area contributed by atoms with E-state index in [9.17, 15) is 4.79 Å². The summed E-state index contributed by atoms with van der Waals surface area (Å²) in [5, 5.41) is 3.03. The van der Waals surface area contributed by atoms with E-state index >= 15 is 0 Å². The molecular formula is C22H23N3O. The second-order valence-electron chi connectivity index (χ2n) is 6.75. The molecule has 0 bridgehead atoms. The van der Waals surface area contributed by atoms with Gasteiger partial charge in [-0.2, -0.15) is 0 Å². The number of fused-ring (bicyclic) bond motifs is 1. The summed E-state index contributed by atoms with van der Waals surface area (Å²) in [7, 11) is 0. The molecule has 4 nitrogen and oxygen atoms in total. The Balaban J connectivity index is 1.97. The monoisotopic (exact) mass is 345 g/mol. The molecule has 4 heteroatoms. The van der Waals surface area contributed by atoms with E-state index < -0.39 is 0 Å².